The standard InChI is InChI=1S/C14H22N2O/c1-3-12-9-13(16(4-2)15-12)10-14(17)8-11-6-5-7-11/h9,11H,3-8,10H2,1-2H3. The topological polar surface area (TPSA) is 34.9 Å². The molecule has 1 aromatic heterocycles. The van der Waals surface area contributed by atoms with E-state index in [1.807, 2.05) is 4.68 Å². The second-order valence-electron chi connectivity index (χ2n) is 5.01. The van der Waals surface area contributed by atoms with Crippen LogP contribution < -0.4 is 0 Å². The van der Waals surface area contributed by atoms with Crippen LogP contribution in [0.1, 0.15) is 50.9 Å². The molecule has 94 valence electrons. The van der Waals surface area contributed by atoms with Gasteiger partial charge in [-0.2, -0.15) is 5.10 Å². The molecule has 1 heterocycles. The molecule has 0 aromatic carbocycles. The summed E-state index contributed by atoms with van der Waals surface area (Å²) in [6.07, 6.45) is 6.09. The van der Waals surface area contributed by atoms with Crippen molar-refractivity contribution >= 4 is 5.78 Å². The highest BCUT2D eigenvalue weighted by Crippen LogP contribution is 2.29. The summed E-state index contributed by atoms with van der Waals surface area (Å²) in [7, 11) is 0. The number of aromatic nitrogens is 2. The van der Waals surface area contributed by atoms with Crippen LogP contribution >= 0.6 is 0 Å². The summed E-state index contributed by atoms with van der Waals surface area (Å²) in [6, 6.07) is 2.09. The van der Waals surface area contributed by atoms with Gasteiger partial charge in [-0.25, -0.2) is 0 Å². The lowest BCUT2D eigenvalue weighted by atomic mass is 9.81. The molecule has 0 aliphatic heterocycles. The lowest BCUT2D eigenvalue weighted by Gasteiger charge is -2.24. The molecular formula is C14H22N2O. The smallest absolute Gasteiger partial charge is 0.139 e. The van der Waals surface area contributed by atoms with Gasteiger partial charge in [-0.1, -0.05) is 26.2 Å². The maximum absolute atomic E-state index is 11.9. The third kappa shape index (κ3) is 2.96. The van der Waals surface area contributed by atoms with E-state index in [1.54, 1.807) is 0 Å². The van der Waals surface area contributed by atoms with Gasteiger partial charge in [0, 0.05) is 25.1 Å². The first kappa shape index (κ1) is 12.3. The normalized spacial score (nSPS) is 15.9. The predicted octanol–water partition coefficient (Wildman–Crippen LogP) is 2.77. The molecule has 0 amide bonds. The van der Waals surface area contributed by atoms with Crippen molar-refractivity contribution in [2.45, 2.75) is 58.9 Å². The maximum atomic E-state index is 11.9. The number of ketones is 1. The SMILES string of the molecule is CCc1cc(CC(=O)CC2CCC2)n(CC)n1. The number of hydrogen-bond acceptors (Lipinski definition) is 2. The first-order valence-corrected chi connectivity index (χ1v) is 6.80. The van der Waals surface area contributed by atoms with E-state index in [9.17, 15) is 4.79 Å². The van der Waals surface area contributed by atoms with Gasteiger partial charge in [-0.15, -0.1) is 0 Å². The molecule has 0 saturated heterocycles. The second-order valence-corrected chi connectivity index (χ2v) is 5.01. The van der Waals surface area contributed by atoms with Crippen LogP contribution in [0.5, 0.6) is 0 Å². The average Bonchev–Trinajstić information content (AvgIpc) is 2.66. The molecule has 1 saturated carbocycles. The Morgan fingerprint density at radius 2 is 2.24 bits per heavy atom. The Labute approximate surface area is 103 Å². The summed E-state index contributed by atoms with van der Waals surface area (Å²) < 4.78 is 1.97. The molecule has 1 aliphatic rings. The van der Waals surface area contributed by atoms with Crippen LogP contribution in [0.15, 0.2) is 6.07 Å². The number of nitrogens with zero attached hydrogens (tertiary/aromatic N) is 2. The number of hydrogen-bond donors (Lipinski definition) is 0. The van der Waals surface area contributed by atoms with Gasteiger partial charge in [0.25, 0.3) is 0 Å². The van der Waals surface area contributed by atoms with E-state index < -0.39 is 0 Å². The first-order valence-electron chi connectivity index (χ1n) is 6.80. The van der Waals surface area contributed by atoms with Crippen molar-refractivity contribution in [2.24, 2.45) is 5.92 Å². The Bertz CT molecular complexity index is 391. The molecular weight excluding hydrogens is 212 g/mol. The largest absolute Gasteiger partial charge is 0.299 e. The molecule has 3 nitrogen and oxygen atoms in total. The Morgan fingerprint density at radius 3 is 2.76 bits per heavy atom. The summed E-state index contributed by atoms with van der Waals surface area (Å²) in [4.78, 5) is 11.9. The molecule has 2 rings (SSSR count). The molecule has 0 spiro atoms. The van der Waals surface area contributed by atoms with Crippen LogP contribution in [-0.4, -0.2) is 15.6 Å². The van der Waals surface area contributed by atoms with Crippen LogP contribution in [-0.2, 0) is 24.2 Å². The lowest BCUT2D eigenvalue weighted by molar-refractivity contribution is -0.120. The summed E-state index contributed by atoms with van der Waals surface area (Å²) in [5.41, 5.74) is 2.19. The fourth-order valence-electron chi connectivity index (χ4n) is 2.40. The minimum Gasteiger partial charge on any atom is -0.299 e. The van der Waals surface area contributed by atoms with E-state index in [2.05, 4.69) is 25.0 Å². The van der Waals surface area contributed by atoms with Crippen molar-refractivity contribution in [3.8, 4) is 0 Å². The Balaban J connectivity index is 1.96. The zero-order chi connectivity index (χ0) is 12.3. The quantitative estimate of drug-likeness (QED) is 0.758. The van der Waals surface area contributed by atoms with Crippen LogP contribution in [0.2, 0.25) is 0 Å². The third-order valence-electron chi connectivity index (χ3n) is 3.70. The van der Waals surface area contributed by atoms with E-state index in [0.717, 1.165) is 30.8 Å². The highest BCUT2D eigenvalue weighted by Gasteiger charge is 2.21. The van der Waals surface area contributed by atoms with Gasteiger partial charge in [0.15, 0.2) is 0 Å². The lowest BCUT2D eigenvalue weighted by Crippen LogP contribution is -2.18. The minimum absolute atomic E-state index is 0.381. The summed E-state index contributed by atoms with van der Waals surface area (Å²) in [6.45, 7) is 5.03. The fraction of sp³-hybridized carbons (Fsp3) is 0.714. The highest BCUT2D eigenvalue weighted by atomic mass is 16.1. The van der Waals surface area contributed by atoms with Gasteiger partial charge in [0.1, 0.15) is 5.78 Å². The van der Waals surface area contributed by atoms with E-state index in [0.29, 0.717) is 18.1 Å². The van der Waals surface area contributed by atoms with E-state index in [-0.39, 0.29) is 0 Å². The van der Waals surface area contributed by atoms with Crippen LogP contribution in [0.3, 0.4) is 0 Å². The molecule has 1 aliphatic carbocycles. The molecule has 0 N–H and O–H groups in total. The molecule has 17 heavy (non-hydrogen) atoms. The van der Waals surface area contributed by atoms with Crippen molar-refractivity contribution < 1.29 is 4.79 Å². The Kier molecular flexibility index (Phi) is 3.97. The van der Waals surface area contributed by atoms with Gasteiger partial charge in [-0.3, -0.25) is 9.48 Å². The van der Waals surface area contributed by atoms with E-state index in [4.69, 9.17) is 0 Å². The predicted molar refractivity (Wildman–Crippen MR) is 67.9 cm³/mol. The summed E-state index contributed by atoms with van der Waals surface area (Å²) >= 11 is 0. The zero-order valence-electron chi connectivity index (χ0n) is 10.9. The highest BCUT2D eigenvalue weighted by molar-refractivity contribution is 5.80. The Hall–Kier alpha value is -1.12. The summed E-state index contributed by atoms with van der Waals surface area (Å²) in [5.74, 6) is 1.05. The monoisotopic (exact) mass is 234 g/mol. The number of rotatable bonds is 6. The van der Waals surface area contributed by atoms with E-state index in [1.165, 1.54) is 19.3 Å². The van der Waals surface area contributed by atoms with Crippen molar-refractivity contribution in [3.05, 3.63) is 17.5 Å². The fourth-order valence-corrected chi connectivity index (χ4v) is 2.40. The number of carbonyl (C=O) groups is 1. The van der Waals surface area contributed by atoms with Crippen molar-refractivity contribution in [3.63, 3.8) is 0 Å². The molecule has 1 aromatic rings. The molecule has 1 fully saturated rings. The average molecular weight is 234 g/mol. The van der Waals surface area contributed by atoms with Crippen LogP contribution in [0.25, 0.3) is 0 Å². The Morgan fingerprint density at radius 1 is 1.47 bits per heavy atom. The first-order chi connectivity index (χ1) is 8.22. The zero-order valence-corrected chi connectivity index (χ0v) is 10.9. The van der Waals surface area contributed by atoms with Gasteiger partial charge < -0.3 is 0 Å². The molecule has 0 radical (unpaired) electrons. The summed E-state index contributed by atoms with van der Waals surface area (Å²) in [5, 5.41) is 4.48. The molecule has 0 bridgehead atoms. The number of aryl methyl sites for hydroxylation is 2. The van der Waals surface area contributed by atoms with Gasteiger partial charge in [0.2, 0.25) is 0 Å². The van der Waals surface area contributed by atoms with Gasteiger partial charge in [-0.05, 0) is 25.3 Å². The van der Waals surface area contributed by atoms with Crippen molar-refractivity contribution in [2.75, 3.05) is 0 Å². The third-order valence-corrected chi connectivity index (χ3v) is 3.70. The van der Waals surface area contributed by atoms with Gasteiger partial charge in [0.05, 0.1) is 5.69 Å². The van der Waals surface area contributed by atoms with E-state index >= 15 is 0 Å². The van der Waals surface area contributed by atoms with Crippen molar-refractivity contribution in [1.29, 1.82) is 0 Å². The molecule has 3 heteroatoms. The second kappa shape index (κ2) is 5.48. The van der Waals surface area contributed by atoms with Crippen LogP contribution in [0, 0.1) is 5.92 Å². The van der Waals surface area contributed by atoms with Crippen LogP contribution in [0.4, 0.5) is 0 Å². The van der Waals surface area contributed by atoms with Gasteiger partial charge >= 0.3 is 0 Å². The molecule has 0 unspecified atom stereocenters. The van der Waals surface area contributed by atoms with Crippen molar-refractivity contribution in [1.82, 2.24) is 9.78 Å². The minimum atomic E-state index is 0.381. The number of carbonyl (C=O) groups excluding carboxylic acids is 1. The molecule has 0 atom stereocenters. The maximum Gasteiger partial charge on any atom is 0.139 e. The number of Topliss-reactive ketones (excluding diaryl/α,β-unsaturated/α-hetero) is 1.